The lowest BCUT2D eigenvalue weighted by Gasteiger charge is -2.16. The molecule has 21 aromatic rings. The van der Waals surface area contributed by atoms with Crippen molar-refractivity contribution in [2.45, 2.75) is 0 Å². The van der Waals surface area contributed by atoms with E-state index in [0.29, 0.717) is 60.7 Å². The van der Waals surface area contributed by atoms with E-state index in [0.717, 1.165) is 160 Å². The number of para-hydroxylation sites is 2. The second-order valence-corrected chi connectivity index (χ2v) is 28.4. The zero-order valence-electron chi connectivity index (χ0n) is 60.4. The Hall–Kier alpha value is -14.5. The van der Waals surface area contributed by atoms with Gasteiger partial charge < -0.3 is 37.2 Å². The molecule has 0 radical (unpaired) electrons. The Balaban J connectivity index is 0.870. The molecule has 0 spiro atoms. The van der Waals surface area contributed by atoms with Crippen LogP contribution >= 0.6 is 0 Å². The van der Waals surface area contributed by atoms with Crippen molar-refractivity contribution in [2.75, 3.05) is 28.4 Å². The summed E-state index contributed by atoms with van der Waals surface area (Å²) < 4.78 is 32.7. The van der Waals surface area contributed by atoms with Gasteiger partial charge in [-0.3, -0.25) is 9.59 Å². The van der Waals surface area contributed by atoms with Gasteiger partial charge in [0.05, 0.1) is 78.3 Å². The highest BCUT2D eigenvalue weighted by Gasteiger charge is 2.25. The zero-order chi connectivity index (χ0) is 73.6. The van der Waals surface area contributed by atoms with Gasteiger partial charge in [-0.25, -0.2) is 0 Å². The fourth-order valence-corrected chi connectivity index (χ4v) is 17.5. The summed E-state index contributed by atoms with van der Waals surface area (Å²) in [6.07, 6.45) is 0. The fourth-order valence-electron chi connectivity index (χ4n) is 17.5. The van der Waals surface area contributed by atoms with E-state index in [1.807, 2.05) is 66.7 Å². The van der Waals surface area contributed by atoms with Crippen LogP contribution in [-0.4, -0.2) is 46.7 Å². The van der Waals surface area contributed by atoms with Crippen molar-refractivity contribution in [1.29, 1.82) is 0 Å². The number of rotatable bonds is 12. The second kappa shape index (κ2) is 25.1. The highest BCUT2D eigenvalue weighted by atomic mass is 16.5. The lowest BCUT2D eigenvalue weighted by atomic mass is 9.92. The quantitative estimate of drug-likeness (QED) is 0.121. The number of hydrogen-bond donors (Lipinski definition) is 0. The van der Waals surface area contributed by atoms with E-state index >= 15 is 9.59 Å². The third kappa shape index (κ3) is 9.89. The Bertz CT molecular complexity index is 7490. The van der Waals surface area contributed by atoms with Crippen LogP contribution in [0.25, 0.3) is 198 Å². The third-order valence-electron chi connectivity index (χ3n) is 22.7. The molecule has 0 N–H and O–H groups in total. The number of hydrogen-bond acceptors (Lipinski definition) is 6. The van der Waals surface area contributed by atoms with Crippen LogP contribution in [0.4, 0.5) is 0 Å². The van der Waals surface area contributed by atoms with E-state index in [4.69, 9.17) is 18.9 Å². The average molecular weight is 1420 g/mol. The van der Waals surface area contributed by atoms with Gasteiger partial charge in [0.25, 0.3) is 0 Å². The molecule has 0 amide bonds. The van der Waals surface area contributed by atoms with Crippen molar-refractivity contribution in [3.05, 3.63) is 348 Å². The van der Waals surface area contributed by atoms with Crippen LogP contribution in [0.1, 0.15) is 0 Å². The molecule has 0 aliphatic carbocycles. The molecule has 522 valence electrons. The summed E-state index contributed by atoms with van der Waals surface area (Å²) >= 11 is 0. The van der Waals surface area contributed by atoms with Gasteiger partial charge >= 0.3 is 0 Å². The minimum absolute atomic E-state index is 0.266. The summed E-state index contributed by atoms with van der Waals surface area (Å²) in [7, 11) is 6.70. The van der Waals surface area contributed by atoms with Crippen molar-refractivity contribution in [2.24, 2.45) is 0 Å². The van der Waals surface area contributed by atoms with Crippen LogP contribution in [0.2, 0.25) is 0 Å². The lowest BCUT2D eigenvalue weighted by Crippen LogP contribution is -2.08. The van der Waals surface area contributed by atoms with Gasteiger partial charge in [0, 0.05) is 87.1 Å². The van der Waals surface area contributed by atoms with Crippen molar-refractivity contribution < 1.29 is 18.9 Å². The highest BCUT2D eigenvalue weighted by Crippen LogP contribution is 2.46. The first kappa shape index (κ1) is 63.9. The number of methoxy groups -OCH3 is 4. The first-order chi connectivity index (χ1) is 54.2. The fraction of sp³-hybridized carbons (Fsp3) is 0.0400. The van der Waals surface area contributed by atoms with Crippen LogP contribution in [0.3, 0.4) is 0 Å². The standard InChI is InChI=1S/C100H66N4O6/c1-107-71-33-43-88-82(55-71)83-56-72(108-2)34-44-89(83)103(88)70-53-87-80(96(54-70)104-90-45-35-73(109-3)57-84(90)85-58-74(110-4)36-46-91(85)104)38-28-62-26-25-61-27-37-75-81(66-32-42-79-77-40-30-64(60-19-11-6-12-20-60)50-93(77)102(95(79)52-66)69-23-15-8-16-24-69)47-67(48-86(75)99(105)97(61)98(62)100(87)106)65-31-41-78-76-39-29-63(59-17-9-5-10-18-59)49-92(76)101(94(78)51-65)68-21-13-7-14-22-68/h5-58H,1-4H3. The Morgan fingerprint density at radius 3 is 0.964 bits per heavy atom. The maximum Gasteiger partial charge on any atom is 0.195 e. The van der Waals surface area contributed by atoms with Gasteiger partial charge in [-0.15, -0.1) is 0 Å². The maximum atomic E-state index is 17.2. The van der Waals surface area contributed by atoms with Gasteiger partial charge in [0.2, 0.25) is 0 Å². The Morgan fingerprint density at radius 2 is 0.545 bits per heavy atom. The smallest absolute Gasteiger partial charge is 0.195 e. The SMILES string of the molecule is COc1ccc2c(c1)c1cc(OC)ccc1n2-c1cc(-n2c3ccc(OC)cc3c3cc(OC)ccc32)c2ccc3ccc4ccc5c(-c6ccc7c8ccc(-c9ccccc9)cc8n(-c8ccccc8)c7c6)cc(-c6ccc7c8ccc(-c9ccccc9)cc8n(-c8ccccc8)c7c6)cc5c(=O)c4c3c(=O)c2c1. The molecule has 21 rings (SSSR count). The molecule has 0 unspecified atom stereocenters. The number of benzene rings is 15. The number of fused-ring (bicyclic) bond motifs is 17. The monoisotopic (exact) mass is 1420 g/mol. The normalized spacial score (nSPS) is 11.9. The number of nitrogens with zero attached hydrogens (tertiary/aromatic N) is 4. The van der Waals surface area contributed by atoms with E-state index in [1.54, 1.807) is 28.4 Å². The van der Waals surface area contributed by atoms with E-state index in [9.17, 15) is 0 Å². The van der Waals surface area contributed by atoms with Gasteiger partial charge in [0.15, 0.2) is 10.9 Å². The van der Waals surface area contributed by atoms with Crippen LogP contribution in [0.5, 0.6) is 23.0 Å². The van der Waals surface area contributed by atoms with E-state index < -0.39 is 0 Å². The molecule has 0 saturated heterocycles. The van der Waals surface area contributed by atoms with Crippen LogP contribution in [0.15, 0.2) is 337 Å². The maximum absolute atomic E-state index is 17.2. The molecule has 4 aromatic heterocycles. The topological polar surface area (TPSA) is 90.8 Å². The van der Waals surface area contributed by atoms with Gasteiger partial charge in [-0.2, -0.15) is 0 Å². The Morgan fingerprint density at radius 1 is 0.209 bits per heavy atom. The Labute approximate surface area is 630 Å². The molecule has 0 bridgehead atoms. The number of ether oxygens (including phenoxy) is 4. The zero-order valence-corrected chi connectivity index (χ0v) is 60.4. The molecule has 4 heterocycles. The van der Waals surface area contributed by atoms with Crippen molar-refractivity contribution in [3.63, 3.8) is 0 Å². The molecule has 0 aliphatic heterocycles. The predicted octanol–water partition coefficient (Wildman–Crippen LogP) is 24.1. The largest absolute Gasteiger partial charge is 0.497 e. The van der Waals surface area contributed by atoms with Crippen molar-refractivity contribution in [3.8, 4) is 90.3 Å². The lowest BCUT2D eigenvalue weighted by molar-refractivity contribution is 0.415. The molecule has 17 aromatic carbocycles. The summed E-state index contributed by atoms with van der Waals surface area (Å²) in [4.78, 5) is 34.4. The molecule has 10 heteroatoms. The molecule has 0 aliphatic rings. The minimum Gasteiger partial charge on any atom is -0.497 e. The average Bonchev–Trinajstić information content (AvgIpc) is 1.56. The van der Waals surface area contributed by atoms with Gasteiger partial charge in [0.1, 0.15) is 23.0 Å². The number of aromatic nitrogens is 4. The molecule has 10 nitrogen and oxygen atoms in total. The first-order valence-corrected chi connectivity index (χ1v) is 36.9. The summed E-state index contributed by atoms with van der Waals surface area (Å²) in [6, 6.07) is 114. The molecular weight excluding hydrogens is 1350 g/mol. The Kier molecular flexibility index (Phi) is 14.6. The first-order valence-electron chi connectivity index (χ1n) is 36.9. The van der Waals surface area contributed by atoms with E-state index in [1.165, 1.54) is 0 Å². The predicted molar refractivity (Wildman–Crippen MR) is 454 cm³/mol. The van der Waals surface area contributed by atoms with Crippen LogP contribution < -0.4 is 29.8 Å². The summed E-state index contributed by atoms with van der Waals surface area (Å²) in [5, 5.41) is 12.4. The summed E-state index contributed by atoms with van der Waals surface area (Å²) in [5.74, 6) is 2.80. The van der Waals surface area contributed by atoms with Crippen molar-refractivity contribution >= 4 is 130 Å². The molecule has 110 heavy (non-hydrogen) atoms. The second-order valence-electron chi connectivity index (χ2n) is 28.4. The highest BCUT2D eigenvalue weighted by molar-refractivity contribution is 6.19. The summed E-state index contributed by atoms with van der Waals surface area (Å²) in [6.45, 7) is 0. The molecule has 0 fully saturated rings. The van der Waals surface area contributed by atoms with E-state index in [2.05, 4.69) is 279 Å². The summed E-state index contributed by atoms with van der Waals surface area (Å²) in [5.41, 5.74) is 18.8. The minimum atomic E-state index is -0.293. The van der Waals surface area contributed by atoms with Crippen molar-refractivity contribution in [1.82, 2.24) is 18.3 Å². The van der Waals surface area contributed by atoms with Gasteiger partial charge in [-0.05, 0) is 206 Å². The van der Waals surface area contributed by atoms with Gasteiger partial charge in [-0.1, -0.05) is 182 Å². The molecular formula is C100H66N4O6. The van der Waals surface area contributed by atoms with Crippen LogP contribution in [-0.2, 0) is 0 Å². The third-order valence-corrected chi connectivity index (χ3v) is 22.7. The molecule has 0 atom stereocenters. The van der Waals surface area contributed by atoms with E-state index in [-0.39, 0.29) is 10.9 Å². The van der Waals surface area contributed by atoms with Crippen LogP contribution in [0, 0.1) is 0 Å². The molecule has 0 saturated carbocycles.